The highest BCUT2D eigenvalue weighted by Gasteiger charge is 2.38. The third-order valence-corrected chi connectivity index (χ3v) is 4.07. The third-order valence-electron chi connectivity index (χ3n) is 3.37. The Morgan fingerprint density at radius 2 is 1.57 bits per heavy atom. The number of carbonyl (C=O) groups excluding carboxylic acids is 2. The van der Waals surface area contributed by atoms with Gasteiger partial charge in [0.2, 0.25) is 0 Å². The van der Waals surface area contributed by atoms with Crippen molar-refractivity contribution < 1.29 is 23.8 Å². The van der Waals surface area contributed by atoms with E-state index in [2.05, 4.69) is 0 Å². The second-order valence-corrected chi connectivity index (χ2v) is 5.73. The van der Waals surface area contributed by atoms with Gasteiger partial charge in [-0.25, -0.2) is 0 Å². The van der Waals surface area contributed by atoms with Gasteiger partial charge in [0.1, 0.15) is 5.75 Å². The minimum absolute atomic E-state index is 0.226. The molecule has 0 aliphatic rings. The maximum atomic E-state index is 12.3. The van der Waals surface area contributed by atoms with Gasteiger partial charge in [0, 0.05) is 11.7 Å². The van der Waals surface area contributed by atoms with Crippen molar-refractivity contribution in [3.63, 3.8) is 0 Å². The molecule has 1 unspecified atom stereocenters. The molecule has 1 rings (SSSR count). The molecule has 0 aromatic heterocycles. The highest BCUT2D eigenvalue weighted by molar-refractivity contribution is 7.98. The van der Waals surface area contributed by atoms with Crippen molar-refractivity contribution in [1.29, 1.82) is 0 Å². The first-order chi connectivity index (χ1) is 11.1. The van der Waals surface area contributed by atoms with Gasteiger partial charge in [-0.15, -0.1) is 0 Å². The number of benzene rings is 1. The molecule has 0 bridgehead atoms. The number of thioether (sulfide) groups is 1. The average Bonchev–Trinajstić information content (AvgIpc) is 2.55. The lowest BCUT2D eigenvalue weighted by Gasteiger charge is -2.24. The Bertz CT molecular complexity index is 482. The topological polar surface area (TPSA) is 61.8 Å². The number of esters is 2. The molecule has 0 saturated carbocycles. The Hall–Kier alpha value is -1.69. The molecule has 0 heterocycles. The summed E-state index contributed by atoms with van der Waals surface area (Å²) in [4.78, 5) is 24.6. The molecule has 1 atom stereocenters. The molecule has 1 aromatic rings. The first kappa shape index (κ1) is 19.4. The van der Waals surface area contributed by atoms with E-state index in [0.717, 1.165) is 11.3 Å². The Morgan fingerprint density at radius 3 is 1.96 bits per heavy atom. The molecule has 5 nitrogen and oxygen atoms in total. The van der Waals surface area contributed by atoms with Crippen LogP contribution in [-0.2, 0) is 19.1 Å². The monoisotopic (exact) mass is 340 g/mol. The van der Waals surface area contributed by atoms with Crippen LogP contribution in [0.2, 0.25) is 0 Å². The lowest BCUT2D eigenvalue weighted by atomic mass is 9.87. The van der Waals surface area contributed by atoms with Crippen molar-refractivity contribution in [2.45, 2.75) is 19.8 Å². The zero-order chi connectivity index (χ0) is 17.2. The molecule has 0 saturated heterocycles. The van der Waals surface area contributed by atoms with Crippen LogP contribution in [0.4, 0.5) is 0 Å². The number of hydrogen-bond donors (Lipinski definition) is 0. The summed E-state index contributed by atoms with van der Waals surface area (Å²) in [5, 5.41) is 0. The molecule has 1 aromatic carbocycles. The fourth-order valence-corrected chi connectivity index (χ4v) is 3.05. The maximum absolute atomic E-state index is 12.3. The zero-order valence-electron chi connectivity index (χ0n) is 14.0. The Labute approximate surface area is 141 Å². The minimum atomic E-state index is -0.962. The molecular weight excluding hydrogens is 316 g/mol. The number of methoxy groups -OCH3 is 1. The van der Waals surface area contributed by atoms with Crippen LogP contribution in [-0.4, -0.2) is 44.3 Å². The predicted molar refractivity (Wildman–Crippen MR) is 90.9 cm³/mol. The van der Waals surface area contributed by atoms with Crippen LogP contribution in [0.1, 0.15) is 25.3 Å². The lowest BCUT2D eigenvalue weighted by molar-refractivity contribution is -0.162. The lowest BCUT2D eigenvalue weighted by Crippen LogP contribution is -2.34. The summed E-state index contributed by atoms with van der Waals surface area (Å²) >= 11 is 1.57. The van der Waals surface area contributed by atoms with Crippen LogP contribution in [0.5, 0.6) is 5.75 Å². The molecule has 128 valence electrons. The highest BCUT2D eigenvalue weighted by atomic mass is 32.2. The van der Waals surface area contributed by atoms with E-state index in [0.29, 0.717) is 5.75 Å². The van der Waals surface area contributed by atoms with Crippen LogP contribution in [0, 0.1) is 5.92 Å². The standard InChI is InChI=1S/C17H24O5S/c1-5-21-16(18)15(17(19)22-6-2)14(11-23-4)12-7-9-13(20-3)10-8-12/h7-10,14-15H,5-6,11H2,1-4H3. The zero-order valence-corrected chi connectivity index (χ0v) is 14.9. The van der Waals surface area contributed by atoms with Crippen molar-refractivity contribution >= 4 is 23.7 Å². The second kappa shape index (κ2) is 10.2. The molecule has 0 amide bonds. The van der Waals surface area contributed by atoms with Crippen molar-refractivity contribution in [3.05, 3.63) is 29.8 Å². The SMILES string of the molecule is CCOC(=O)C(C(=O)OCC)C(CSC)c1ccc(OC)cc1. The Balaban J connectivity index is 3.16. The summed E-state index contributed by atoms with van der Waals surface area (Å²) in [7, 11) is 1.59. The van der Waals surface area contributed by atoms with Crippen LogP contribution in [0.15, 0.2) is 24.3 Å². The fourth-order valence-electron chi connectivity index (χ4n) is 2.30. The van der Waals surface area contributed by atoms with Gasteiger partial charge >= 0.3 is 11.9 Å². The van der Waals surface area contributed by atoms with Crippen molar-refractivity contribution in [1.82, 2.24) is 0 Å². The quantitative estimate of drug-likeness (QED) is 0.509. The molecule has 6 heteroatoms. The summed E-state index contributed by atoms with van der Waals surface area (Å²) in [6, 6.07) is 7.36. The fraction of sp³-hybridized carbons (Fsp3) is 0.529. The summed E-state index contributed by atoms with van der Waals surface area (Å²) in [5.74, 6) is -1.03. The first-order valence-electron chi connectivity index (χ1n) is 7.55. The second-order valence-electron chi connectivity index (χ2n) is 4.82. The van der Waals surface area contributed by atoms with Gasteiger partial charge in [0.25, 0.3) is 0 Å². The summed E-state index contributed by atoms with van der Waals surface area (Å²) in [5.41, 5.74) is 0.881. The van der Waals surface area contributed by atoms with E-state index in [1.807, 2.05) is 30.5 Å². The molecule has 0 spiro atoms. The molecule has 23 heavy (non-hydrogen) atoms. The van der Waals surface area contributed by atoms with Crippen LogP contribution in [0.3, 0.4) is 0 Å². The highest BCUT2D eigenvalue weighted by Crippen LogP contribution is 2.31. The van der Waals surface area contributed by atoms with E-state index >= 15 is 0 Å². The summed E-state index contributed by atoms with van der Waals surface area (Å²) in [6.45, 7) is 3.89. The molecule has 0 fully saturated rings. The normalized spacial score (nSPS) is 11.9. The van der Waals surface area contributed by atoms with Crippen molar-refractivity contribution in [3.8, 4) is 5.75 Å². The van der Waals surface area contributed by atoms with Gasteiger partial charge in [0.15, 0.2) is 5.92 Å². The van der Waals surface area contributed by atoms with Gasteiger partial charge in [-0.2, -0.15) is 11.8 Å². The summed E-state index contributed by atoms with van der Waals surface area (Å²) in [6.07, 6.45) is 1.93. The van der Waals surface area contributed by atoms with Crippen LogP contribution >= 0.6 is 11.8 Å². The van der Waals surface area contributed by atoms with E-state index in [4.69, 9.17) is 14.2 Å². The van der Waals surface area contributed by atoms with Gasteiger partial charge in [-0.3, -0.25) is 9.59 Å². The largest absolute Gasteiger partial charge is 0.497 e. The average molecular weight is 340 g/mol. The minimum Gasteiger partial charge on any atom is -0.497 e. The Kier molecular flexibility index (Phi) is 8.55. The Morgan fingerprint density at radius 1 is 1.04 bits per heavy atom. The summed E-state index contributed by atoms with van der Waals surface area (Å²) < 4.78 is 15.3. The number of rotatable bonds is 9. The number of carbonyl (C=O) groups is 2. The van der Waals surface area contributed by atoms with E-state index in [1.165, 1.54) is 0 Å². The van der Waals surface area contributed by atoms with Crippen LogP contribution < -0.4 is 4.74 Å². The smallest absolute Gasteiger partial charge is 0.320 e. The first-order valence-corrected chi connectivity index (χ1v) is 8.94. The number of ether oxygens (including phenoxy) is 3. The third kappa shape index (κ3) is 5.46. The molecule has 0 radical (unpaired) electrons. The number of hydrogen-bond acceptors (Lipinski definition) is 6. The van der Waals surface area contributed by atoms with Crippen molar-refractivity contribution in [2.75, 3.05) is 32.3 Å². The van der Waals surface area contributed by atoms with Crippen LogP contribution in [0.25, 0.3) is 0 Å². The van der Waals surface area contributed by atoms with Gasteiger partial charge < -0.3 is 14.2 Å². The van der Waals surface area contributed by atoms with E-state index < -0.39 is 17.9 Å². The van der Waals surface area contributed by atoms with Gasteiger partial charge in [-0.05, 0) is 37.8 Å². The molecule has 0 aliphatic carbocycles. The maximum Gasteiger partial charge on any atom is 0.320 e. The van der Waals surface area contributed by atoms with Gasteiger partial charge in [-0.1, -0.05) is 12.1 Å². The predicted octanol–water partition coefficient (Wildman–Crippen LogP) is 2.88. The molecule has 0 aliphatic heterocycles. The van der Waals surface area contributed by atoms with Gasteiger partial charge in [0.05, 0.1) is 20.3 Å². The van der Waals surface area contributed by atoms with E-state index in [-0.39, 0.29) is 19.1 Å². The van der Waals surface area contributed by atoms with Crippen molar-refractivity contribution in [2.24, 2.45) is 5.92 Å². The van der Waals surface area contributed by atoms with E-state index in [1.54, 1.807) is 32.7 Å². The molecular formula is C17H24O5S. The van der Waals surface area contributed by atoms with E-state index in [9.17, 15) is 9.59 Å². The molecule has 0 N–H and O–H groups in total.